The second-order valence-electron chi connectivity index (χ2n) is 5.83. The number of hydrogen-bond donors (Lipinski definition) is 1. The van der Waals surface area contributed by atoms with Crippen LogP contribution < -0.4 is 5.73 Å². The van der Waals surface area contributed by atoms with E-state index in [9.17, 15) is 4.79 Å². The number of hydrogen-bond acceptors (Lipinski definition) is 3. The van der Waals surface area contributed by atoms with E-state index in [1.807, 2.05) is 4.90 Å². The molecule has 2 saturated carbocycles. The van der Waals surface area contributed by atoms with Gasteiger partial charge in [-0.25, -0.2) is 0 Å². The van der Waals surface area contributed by atoms with E-state index in [2.05, 4.69) is 0 Å². The number of ether oxygens (including phenoxy) is 1. The molecular formula is C13H20N2O2S. The number of nitrogens with two attached hydrogens (primary N) is 1. The van der Waals surface area contributed by atoms with Crippen molar-refractivity contribution in [2.24, 2.45) is 23.5 Å². The molecule has 2 N–H and O–H groups in total. The lowest BCUT2D eigenvalue weighted by Gasteiger charge is -2.35. The van der Waals surface area contributed by atoms with Gasteiger partial charge in [0, 0.05) is 12.5 Å². The zero-order chi connectivity index (χ0) is 12.7. The molecule has 1 saturated heterocycles. The predicted octanol–water partition coefficient (Wildman–Crippen LogP) is 0.936. The predicted molar refractivity (Wildman–Crippen MR) is 72.0 cm³/mol. The summed E-state index contributed by atoms with van der Waals surface area (Å²) in [7, 11) is 0. The van der Waals surface area contributed by atoms with E-state index < -0.39 is 0 Å². The maximum absolute atomic E-state index is 12.5. The second-order valence-corrected chi connectivity index (χ2v) is 6.30. The third-order valence-electron chi connectivity index (χ3n) is 4.75. The van der Waals surface area contributed by atoms with Crippen molar-refractivity contribution < 1.29 is 9.53 Å². The van der Waals surface area contributed by atoms with Crippen LogP contribution in [-0.4, -0.2) is 41.6 Å². The van der Waals surface area contributed by atoms with Crippen LogP contribution >= 0.6 is 12.2 Å². The number of amides is 1. The molecule has 18 heavy (non-hydrogen) atoms. The maximum atomic E-state index is 12.5. The standard InChI is InChI=1S/C13H20N2O2S/c14-12(18)11-7-15(3-4-17-11)13(16)10-6-8-1-2-9(10)5-8/h8-11H,1-7H2,(H2,14,18). The monoisotopic (exact) mass is 268 g/mol. The molecule has 2 bridgehead atoms. The number of fused-ring (bicyclic) bond motifs is 2. The lowest BCUT2D eigenvalue weighted by atomic mass is 9.87. The Balaban J connectivity index is 1.64. The molecule has 0 aromatic rings. The number of carbonyl (C=O) groups excluding carboxylic acids is 1. The van der Waals surface area contributed by atoms with Crippen LogP contribution in [0.3, 0.4) is 0 Å². The van der Waals surface area contributed by atoms with E-state index >= 15 is 0 Å². The summed E-state index contributed by atoms with van der Waals surface area (Å²) in [5.41, 5.74) is 5.61. The topological polar surface area (TPSA) is 55.6 Å². The van der Waals surface area contributed by atoms with Crippen molar-refractivity contribution in [3.05, 3.63) is 0 Å². The van der Waals surface area contributed by atoms with Crippen molar-refractivity contribution in [1.29, 1.82) is 0 Å². The molecule has 2 aliphatic carbocycles. The lowest BCUT2D eigenvalue weighted by Crippen LogP contribution is -2.51. The number of carbonyl (C=O) groups is 1. The summed E-state index contributed by atoms with van der Waals surface area (Å²) in [6.07, 6.45) is 4.67. The largest absolute Gasteiger partial charge is 0.391 e. The van der Waals surface area contributed by atoms with Crippen LogP contribution in [0.5, 0.6) is 0 Å². The summed E-state index contributed by atoms with van der Waals surface area (Å²) in [5, 5.41) is 0. The maximum Gasteiger partial charge on any atom is 0.226 e. The molecule has 4 nitrogen and oxygen atoms in total. The van der Waals surface area contributed by atoms with Gasteiger partial charge in [0.25, 0.3) is 0 Å². The Labute approximate surface area is 113 Å². The van der Waals surface area contributed by atoms with Crippen LogP contribution in [-0.2, 0) is 9.53 Å². The van der Waals surface area contributed by atoms with Gasteiger partial charge in [-0.15, -0.1) is 0 Å². The van der Waals surface area contributed by atoms with Gasteiger partial charge in [0.05, 0.1) is 13.2 Å². The van der Waals surface area contributed by atoms with E-state index in [-0.39, 0.29) is 12.0 Å². The molecule has 0 radical (unpaired) electrons. The van der Waals surface area contributed by atoms with E-state index in [4.69, 9.17) is 22.7 Å². The van der Waals surface area contributed by atoms with Gasteiger partial charge in [-0.05, 0) is 31.1 Å². The number of nitrogens with zero attached hydrogens (tertiary/aromatic N) is 1. The first kappa shape index (κ1) is 12.4. The fraction of sp³-hybridized carbons (Fsp3) is 0.846. The van der Waals surface area contributed by atoms with E-state index in [0.717, 1.165) is 12.3 Å². The summed E-state index contributed by atoms with van der Waals surface area (Å²) in [6.45, 7) is 1.78. The molecule has 0 spiro atoms. The SMILES string of the molecule is NC(=S)C1CN(C(=O)C2CC3CCC2C3)CCO1. The van der Waals surface area contributed by atoms with E-state index in [0.29, 0.717) is 36.5 Å². The molecule has 0 aromatic heterocycles. The highest BCUT2D eigenvalue weighted by Crippen LogP contribution is 2.48. The molecule has 100 valence electrons. The summed E-state index contributed by atoms with van der Waals surface area (Å²) in [4.78, 5) is 14.8. The second kappa shape index (κ2) is 4.78. The van der Waals surface area contributed by atoms with Crippen LogP contribution in [0.15, 0.2) is 0 Å². The normalized spacial score (nSPS) is 39.0. The quantitative estimate of drug-likeness (QED) is 0.757. The van der Waals surface area contributed by atoms with Gasteiger partial charge in [0.1, 0.15) is 11.1 Å². The number of rotatable bonds is 2. The third-order valence-corrected chi connectivity index (χ3v) is 5.01. The van der Waals surface area contributed by atoms with Gasteiger partial charge in [-0.3, -0.25) is 4.79 Å². The Kier molecular flexibility index (Phi) is 3.28. The Morgan fingerprint density at radius 3 is 2.78 bits per heavy atom. The molecule has 3 aliphatic rings. The minimum atomic E-state index is -0.253. The van der Waals surface area contributed by atoms with Crippen molar-refractivity contribution in [2.45, 2.75) is 31.8 Å². The van der Waals surface area contributed by atoms with Crippen LogP contribution in [0.2, 0.25) is 0 Å². The molecule has 1 amide bonds. The molecule has 3 rings (SSSR count). The summed E-state index contributed by atoms with van der Waals surface area (Å²) in [6, 6.07) is 0. The average Bonchev–Trinajstić information content (AvgIpc) is 3.00. The Morgan fingerprint density at radius 2 is 2.17 bits per heavy atom. The molecule has 4 unspecified atom stereocenters. The fourth-order valence-electron chi connectivity index (χ4n) is 3.80. The van der Waals surface area contributed by atoms with Gasteiger partial charge < -0.3 is 15.4 Å². The smallest absolute Gasteiger partial charge is 0.226 e. The van der Waals surface area contributed by atoms with Crippen molar-refractivity contribution in [3.63, 3.8) is 0 Å². The zero-order valence-corrected chi connectivity index (χ0v) is 11.3. The van der Waals surface area contributed by atoms with Crippen LogP contribution in [0.1, 0.15) is 25.7 Å². The average molecular weight is 268 g/mol. The van der Waals surface area contributed by atoms with Crippen molar-refractivity contribution in [1.82, 2.24) is 4.90 Å². The summed E-state index contributed by atoms with van der Waals surface area (Å²) in [5.74, 6) is 2.01. The summed E-state index contributed by atoms with van der Waals surface area (Å²) < 4.78 is 5.48. The highest BCUT2D eigenvalue weighted by molar-refractivity contribution is 7.80. The van der Waals surface area contributed by atoms with Crippen LogP contribution in [0, 0.1) is 17.8 Å². The highest BCUT2D eigenvalue weighted by atomic mass is 32.1. The summed E-state index contributed by atoms with van der Waals surface area (Å²) >= 11 is 4.96. The minimum Gasteiger partial charge on any atom is -0.391 e. The van der Waals surface area contributed by atoms with Crippen molar-refractivity contribution in [3.8, 4) is 0 Å². The first-order chi connectivity index (χ1) is 8.65. The number of thiocarbonyl (C=S) groups is 1. The minimum absolute atomic E-state index is 0.253. The lowest BCUT2D eigenvalue weighted by molar-refractivity contribution is -0.142. The van der Waals surface area contributed by atoms with Gasteiger partial charge in [-0.1, -0.05) is 18.6 Å². The third kappa shape index (κ3) is 2.14. The van der Waals surface area contributed by atoms with Crippen LogP contribution in [0.25, 0.3) is 0 Å². The van der Waals surface area contributed by atoms with Gasteiger partial charge in [0.2, 0.25) is 5.91 Å². The Morgan fingerprint density at radius 1 is 1.33 bits per heavy atom. The molecular weight excluding hydrogens is 248 g/mol. The molecule has 5 heteroatoms. The Hall–Kier alpha value is -0.680. The van der Waals surface area contributed by atoms with E-state index in [1.165, 1.54) is 19.3 Å². The van der Waals surface area contributed by atoms with Gasteiger partial charge >= 0.3 is 0 Å². The zero-order valence-electron chi connectivity index (χ0n) is 10.5. The van der Waals surface area contributed by atoms with Gasteiger partial charge in [-0.2, -0.15) is 0 Å². The molecule has 4 atom stereocenters. The van der Waals surface area contributed by atoms with E-state index in [1.54, 1.807) is 0 Å². The molecule has 1 heterocycles. The number of morpholine rings is 1. The van der Waals surface area contributed by atoms with Crippen molar-refractivity contribution >= 4 is 23.1 Å². The van der Waals surface area contributed by atoms with Crippen molar-refractivity contribution in [2.75, 3.05) is 19.7 Å². The molecule has 1 aliphatic heterocycles. The van der Waals surface area contributed by atoms with Gasteiger partial charge in [0.15, 0.2) is 0 Å². The molecule has 0 aromatic carbocycles. The molecule has 3 fully saturated rings. The Bertz CT molecular complexity index is 374. The first-order valence-electron chi connectivity index (χ1n) is 6.85. The fourth-order valence-corrected chi connectivity index (χ4v) is 3.95. The highest BCUT2D eigenvalue weighted by Gasteiger charge is 2.45. The first-order valence-corrected chi connectivity index (χ1v) is 7.25. The van der Waals surface area contributed by atoms with Crippen LogP contribution in [0.4, 0.5) is 0 Å².